The Kier molecular flexibility index (Phi) is 15.2. The van der Waals surface area contributed by atoms with Crippen molar-refractivity contribution < 1.29 is 17.6 Å². The molecule has 2 unspecified atom stereocenters. The zero-order valence-corrected chi connectivity index (χ0v) is 23.0. The molecule has 0 aliphatic carbocycles. The van der Waals surface area contributed by atoms with E-state index in [-0.39, 0.29) is 39.9 Å². The monoisotopic (exact) mass is 514 g/mol. The van der Waals surface area contributed by atoms with Gasteiger partial charge in [0, 0.05) is 16.7 Å². The average molecular weight is 515 g/mol. The molecule has 0 fully saturated rings. The van der Waals surface area contributed by atoms with Crippen molar-refractivity contribution >= 4 is 0 Å². The summed E-state index contributed by atoms with van der Waals surface area (Å²) in [5, 5.41) is 0. The number of hydrogen-bond donors (Lipinski definition) is 0. The van der Waals surface area contributed by atoms with Gasteiger partial charge in [-0.05, 0) is 53.9 Å². The van der Waals surface area contributed by atoms with Crippen molar-refractivity contribution in [3.8, 4) is 0 Å². The molecule has 0 aliphatic rings. The maximum absolute atomic E-state index is 14.9. The Morgan fingerprint density at radius 1 is 0.730 bits per heavy atom. The van der Waals surface area contributed by atoms with Gasteiger partial charge < -0.3 is 0 Å². The lowest BCUT2D eigenvalue weighted by atomic mass is 9.87. The van der Waals surface area contributed by atoms with Crippen LogP contribution in [0.3, 0.4) is 0 Å². The van der Waals surface area contributed by atoms with Gasteiger partial charge in [-0.15, -0.1) is 6.58 Å². The van der Waals surface area contributed by atoms with Gasteiger partial charge in [-0.3, -0.25) is 0 Å². The number of rotatable bonds is 17. The zero-order valence-electron chi connectivity index (χ0n) is 23.0. The summed E-state index contributed by atoms with van der Waals surface area (Å²) in [7, 11) is 0. The summed E-state index contributed by atoms with van der Waals surface area (Å²) in [4.78, 5) is 0. The first-order chi connectivity index (χ1) is 17.2. The van der Waals surface area contributed by atoms with E-state index in [1.807, 2.05) is 6.08 Å². The summed E-state index contributed by atoms with van der Waals surface area (Å²) < 4.78 is 58.2. The summed E-state index contributed by atoms with van der Waals surface area (Å²) in [6, 6.07) is 0. The summed E-state index contributed by atoms with van der Waals surface area (Å²) >= 11 is 0. The van der Waals surface area contributed by atoms with Crippen LogP contribution in [0.4, 0.5) is 17.6 Å². The van der Waals surface area contributed by atoms with Crippen LogP contribution in [0.15, 0.2) is 133 Å². The SMILES string of the molecule is C=CCC(=C)/C(F)=C(/F)C(=C)C(=C)/C=C\C(=C)C(=C)/C(F)=C(/F)C(=C)/C(C)=C/CC(C)C(C)CCCC. The second kappa shape index (κ2) is 16.6. The molecule has 2 atom stereocenters. The highest BCUT2D eigenvalue weighted by molar-refractivity contribution is 5.55. The highest BCUT2D eigenvalue weighted by Gasteiger charge is 2.17. The number of hydrogen-bond acceptors (Lipinski definition) is 0. The van der Waals surface area contributed by atoms with Crippen molar-refractivity contribution in [1.82, 2.24) is 0 Å². The van der Waals surface area contributed by atoms with Gasteiger partial charge in [-0.1, -0.05) is 104 Å². The van der Waals surface area contributed by atoms with E-state index in [9.17, 15) is 17.6 Å². The van der Waals surface area contributed by atoms with Crippen LogP contribution < -0.4 is 0 Å². The lowest BCUT2D eigenvalue weighted by Crippen LogP contribution is -2.07. The third-order valence-electron chi connectivity index (χ3n) is 6.40. The van der Waals surface area contributed by atoms with Gasteiger partial charge in [0.2, 0.25) is 0 Å². The molecule has 0 saturated heterocycles. The second-order valence-electron chi connectivity index (χ2n) is 9.39. The molecule has 37 heavy (non-hydrogen) atoms. The minimum absolute atomic E-state index is 0.0170. The van der Waals surface area contributed by atoms with Crippen molar-refractivity contribution in [2.75, 3.05) is 0 Å². The van der Waals surface area contributed by atoms with Gasteiger partial charge in [-0.2, -0.15) is 0 Å². The normalized spacial score (nSPS) is 14.9. The quantitative estimate of drug-likeness (QED) is 0.103. The number of unbranched alkanes of at least 4 members (excludes halogenated alkanes) is 1. The third kappa shape index (κ3) is 10.8. The van der Waals surface area contributed by atoms with Gasteiger partial charge in [-0.25, -0.2) is 17.6 Å². The topological polar surface area (TPSA) is 0 Å². The largest absolute Gasteiger partial charge is 0.203 e. The molecule has 0 radical (unpaired) electrons. The lowest BCUT2D eigenvalue weighted by Gasteiger charge is -2.18. The smallest absolute Gasteiger partial charge is 0.166 e. The Morgan fingerprint density at radius 2 is 1.19 bits per heavy atom. The molecule has 0 aliphatic heterocycles. The third-order valence-corrected chi connectivity index (χ3v) is 6.40. The molecule has 0 N–H and O–H groups in total. The summed E-state index contributed by atoms with van der Waals surface area (Å²) in [5.41, 5.74) is -0.182. The van der Waals surface area contributed by atoms with E-state index >= 15 is 0 Å². The van der Waals surface area contributed by atoms with Crippen LogP contribution in [0.1, 0.15) is 59.8 Å². The fraction of sp³-hybridized carbons (Fsp3) is 0.333. The zero-order chi connectivity index (χ0) is 28.9. The highest BCUT2D eigenvalue weighted by Crippen LogP contribution is 2.32. The van der Waals surface area contributed by atoms with E-state index in [0.717, 1.165) is 19.3 Å². The van der Waals surface area contributed by atoms with Crippen molar-refractivity contribution in [2.45, 2.75) is 59.8 Å². The Bertz CT molecular complexity index is 1060. The first kappa shape index (κ1) is 33.9. The van der Waals surface area contributed by atoms with Crippen LogP contribution in [0.5, 0.6) is 0 Å². The van der Waals surface area contributed by atoms with E-state index in [1.54, 1.807) is 6.92 Å². The molecule has 0 heterocycles. The molecule has 0 aromatic carbocycles. The molecule has 0 saturated carbocycles. The molecule has 0 nitrogen and oxygen atoms in total. The fourth-order valence-electron chi connectivity index (χ4n) is 3.20. The molecule has 0 spiro atoms. The predicted octanol–water partition coefficient (Wildman–Crippen LogP) is 11.6. The van der Waals surface area contributed by atoms with Crippen molar-refractivity contribution in [1.29, 1.82) is 0 Å². The lowest BCUT2D eigenvalue weighted by molar-refractivity contribution is 0.357. The predicted molar refractivity (Wildman–Crippen MR) is 154 cm³/mol. The van der Waals surface area contributed by atoms with Crippen LogP contribution in [-0.4, -0.2) is 0 Å². The summed E-state index contributed by atoms with van der Waals surface area (Å²) in [5.74, 6) is -3.75. The van der Waals surface area contributed by atoms with E-state index in [2.05, 4.69) is 66.8 Å². The standard InChI is InChI=1S/C33H42F4/c1-12-14-16-21(3)22(4)17-18-23(5)28(10)32(36)33(37)29(11)25(7)20-19-24(6)27(9)31(35)30(34)26(8)15-13-2/h13,18-22H,2,6-12,14-17H2,1,3-5H3/b20-19-,23-18+,31-30-,33-32-. The Labute approximate surface area is 221 Å². The van der Waals surface area contributed by atoms with E-state index in [0.29, 0.717) is 17.4 Å². The van der Waals surface area contributed by atoms with Gasteiger partial charge in [0.25, 0.3) is 0 Å². The van der Waals surface area contributed by atoms with Gasteiger partial charge in [0.05, 0.1) is 0 Å². The number of allylic oxidation sites excluding steroid dienone is 15. The van der Waals surface area contributed by atoms with Crippen LogP contribution in [0, 0.1) is 11.8 Å². The summed E-state index contributed by atoms with van der Waals surface area (Å²) in [6.45, 7) is 33.2. The molecule has 202 valence electrons. The molecule has 0 aromatic heterocycles. The first-order valence-corrected chi connectivity index (χ1v) is 12.4. The maximum atomic E-state index is 14.9. The highest BCUT2D eigenvalue weighted by atomic mass is 19.2. The maximum Gasteiger partial charge on any atom is 0.166 e. The molecule has 0 amide bonds. The Hall–Kier alpha value is -3.14. The van der Waals surface area contributed by atoms with Crippen LogP contribution in [-0.2, 0) is 0 Å². The van der Waals surface area contributed by atoms with Crippen molar-refractivity contribution in [3.63, 3.8) is 0 Å². The van der Waals surface area contributed by atoms with Crippen molar-refractivity contribution in [2.24, 2.45) is 11.8 Å². The van der Waals surface area contributed by atoms with E-state index < -0.39 is 23.3 Å². The minimum Gasteiger partial charge on any atom is -0.203 e. The van der Waals surface area contributed by atoms with Gasteiger partial charge in [0.15, 0.2) is 23.3 Å². The minimum atomic E-state index is -1.21. The summed E-state index contributed by atoms with van der Waals surface area (Å²) in [6.07, 6.45) is 10.1. The Balaban J connectivity index is 5.43. The van der Waals surface area contributed by atoms with Crippen LogP contribution >= 0.6 is 0 Å². The second-order valence-corrected chi connectivity index (χ2v) is 9.39. The first-order valence-electron chi connectivity index (χ1n) is 12.4. The average Bonchev–Trinajstić information content (AvgIpc) is 2.89. The van der Waals surface area contributed by atoms with E-state index in [4.69, 9.17) is 0 Å². The molecule has 0 aromatic rings. The van der Waals surface area contributed by atoms with Crippen LogP contribution in [0.25, 0.3) is 0 Å². The van der Waals surface area contributed by atoms with Crippen molar-refractivity contribution in [3.05, 3.63) is 133 Å². The molecule has 0 bridgehead atoms. The van der Waals surface area contributed by atoms with E-state index in [1.165, 1.54) is 24.6 Å². The van der Waals surface area contributed by atoms with Gasteiger partial charge in [0.1, 0.15) is 0 Å². The molecule has 4 heteroatoms. The number of halogens is 4. The fourth-order valence-corrected chi connectivity index (χ4v) is 3.20. The molecular weight excluding hydrogens is 472 g/mol. The van der Waals surface area contributed by atoms with Gasteiger partial charge >= 0.3 is 0 Å². The molecule has 0 rings (SSSR count). The van der Waals surface area contributed by atoms with Crippen LogP contribution in [0.2, 0.25) is 0 Å². The Morgan fingerprint density at radius 3 is 1.65 bits per heavy atom. The molecular formula is C33H42F4.